The highest BCUT2D eigenvalue weighted by Crippen LogP contribution is 2.23. The van der Waals surface area contributed by atoms with Crippen LogP contribution >= 0.6 is 11.6 Å². The van der Waals surface area contributed by atoms with E-state index in [1.165, 1.54) is 0 Å². The monoisotopic (exact) mass is 269 g/mol. The topological polar surface area (TPSA) is 38.3 Å². The number of benzene rings is 1. The molecular weight excluding hydrogens is 250 g/mol. The van der Waals surface area contributed by atoms with Gasteiger partial charge in [-0.25, -0.2) is 0 Å². The van der Waals surface area contributed by atoms with Gasteiger partial charge in [0.15, 0.2) is 0 Å². The van der Waals surface area contributed by atoms with E-state index >= 15 is 0 Å². The molecule has 0 spiro atoms. The van der Waals surface area contributed by atoms with Crippen molar-refractivity contribution in [2.75, 3.05) is 0 Å². The Bertz CT molecular complexity index is 387. The molecule has 1 N–H and O–H groups in total. The molecule has 0 fully saturated rings. The van der Waals surface area contributed by atoms with Gasteiger partial charge in [-0.15, -0.1) is 11.6 Å². The van der Waals surface area contributed by atoms with Gasteiger partial charge in [-0.1, -0.05) is 12.1 Å². The van der Waals surface area contributed by atoms with Crippen LogP contribution in [-0.4, -0.2) is 18.1 Å². The zero-order valence-electron chi connectivity index (χ0n) is 11.2. The van der Waals surface area contributed by atoms with Gasteiger partial charge in [0.05, 0.1) is 6.10 Å². The molecule has 0 aromatic heterocycles. The van der Waals surface area contributed by atoms with Crippen LogP contribution in [0, 0.1) is 0 Å². The van der Waals surface area contributed by atoms with Crippen LogP contribution in [0.2, 0.25) is 0 Å². The van der Waals surface area contributed by atoms with Crippen molar-refractivity contribution in [1.29, 1.82) is 0 Å². The number of rotatable bonds is 5. The first-order valence-corrected chi connectivity index (χ1v) is 6.55. The van der Waals surface area contributed by atoms with E-state index in [4.69, 9.17) is 16.3 Å². The molecule has 0 bridgehead atoms. The van der Waals surface area contributed by atoms with E-state index in [1.54, 1.807) is 0 Å². The quantitative estimate of drug-likeness (QED) is 0.833. The fourth-order valence-corrected chi connectivity index (χ4v) is 1.71. The SMILES string of the molecule is CC(C)NC(=O)C(Cl)c1ccc(OC(C)C)cc1. The van der Waals surface area contributed by atoms with E-state index in [1.807, 2.05) is 52.0 Å². The Hall–Kier alpha value is -1.22. The lowest BCUT2D eigenvalue weighted by atomic mass is 10.1. The van der Waals surface area contributed by atoms with E-state index in [0.29, 0.717) is 0 Å². The Balaban J connectivity index is 2.69. The molecule has 0 radical (unpaired) electrons. The summed E-state index contributed by atoms with van der Waals surface area (Å²) in [4.78, 5) is 11.7. The molecule has 4 heteroatoms. The van der Waals surface area contributed by atoms with Gasteiger partial charge in [-0.2, -0.15) is 0 Å². The summed E-state index contributed by atoms with van der Waals surface area (Å²) in [5.41, 5.74) is 0.769. The van der Waals surface area contributed by atoms with Crippen LogP contribution in [0.25, 0.3) is 0 Å². The van der Waals surface area contributed by atoms with Gasteiger partial charge in [-0.3, -0.25) is 4.79 Å². The maximum Gasteiger partial charge on any atom is 0.242 e. The van der Waals surface area contributed by atoms with Gasteiger partial charge in [0.25, 0.3) is 0 Å². The number of amides is 1. The Labute approximate surface area is 113 Å². The minimum absolute atomic E-state index is 0.0855. The highest BCUT2D eigenvalue weighted by atomic mass is 35.5. The molecule has 0 aliphatic heterocycles. The molecule has 1 unspecified atom stereocenters. The average Bonchev–Trinajstić information content (AvgIpc) is 2.27. The van der Waals surface area contributed by atoms with Crippen LogP contribution in [0.1, 0.15) is 38.6 Å². The lowest BCUT2D eigenvalue weighted by Gasteiger charge is -2.14. The molecule has 0 aliphatic carbocycles. The first-order valence-electron chi connectivity index (χ1n) is 6.11. The summed E-state index contributed by atoms with van der Waals surface area (Å²) in [5, 5.41) is 2.12. The van der Waals surface area contributed by atoms with Crippen LogP contribution < -0.4 is 10.1 Å². The number of carbonyl (C=O) groups excluding carboxylic acids is 1. The Morgan fingerprint density at radius 1 is 1.17 bits per heavy atom. The minimum Gasteiger partial charge on any atom is -0.491 e. The lowest BCUT2D eigenvalue weighted by Crippen LogP contribution is -2.32. The van der Waals surface area contributed by atoms with Crippen molar-refractivity contribution in [2.45, 2.75) is 45.2 Å². The molecule has 0 heterocycles. The summed E-state index contributed by atoms with van der Waals surface area (Å²) in [6.07, 6.45) is 0.131. The fraction of sp³-hybridized carbons (Fsp3) is 0.500. The molecule has 1 atom stereocenters. The van der Waals surface area contributed by atoms with E-state index in [9.17, 15) is 4.79 Å². The standard InChI is InChI=1S/C14H20ClNO2/c1-9(2)16-14(17)13(15)11-5-7-12(8-6-11)18-10(3)4/h5-10,13H,1-4H3,(H,16,17). The molecule has 18 heavy (non-hydrogen) atoms. The van der Waals surface area contributed by atoms with Crippen LogP contribution in [-0.2, 0) is 4.79 Å². The van der Waals surface area contributed by atoms with E-state index in [0.717, 1.165) is 11.3 Å². The van der Waals surface area contributed by atoms with Crippen LogP contribution in [0.15, 0.2) is 24.3 Å². The van der Waals surface area contributed by atoms with Crippen molar-refractivity contribution in [3.05, 3.63) is 29.8 Å². The molecule has 0 saturated heterocycles. The summed E-state index contributed by atoms with van der Waals surface area (Å²) in [6.45, 7) is 7.74. The smallest absolute Gasteiger partial charge is 0.242 e. The highest BCUT2D eigenvalue weighted by molar-refractivity contribution is 6.30. The molecule has 0 saturated carbocycles. The molecule has 3 nitrogen and oxygen atoms in total. The van der Waals surface area contributed by atoms with E-state index in [-0.39, 0.29) is 18.1 Å². The van der Waals surface area contributed by atoms with Crippen molar-refractivity contribution in [3.8, 4) is 5.75 Å². The Morgan fingerprint density at radius 2 is 1.72 bits per heavy atom. The van der Waals surface area contributed by atoms with Crippen molar-refractivity contribution in [1.82, 2.24) is 5.32 Å². The van der Waals surface area contributed by atoms with Gasteiger partial charge in [0, 0.05) is 6.04 Å². The van der Waals surface area contributed by atoms with Crippen molar-refractivity contribution >= 4 is 17.5 Å². The number of halogens is 1. The highest BCUT2D eigenvalue weighted by Gasteiger charge is 2.18. The largest absolute Gasteiger partial charge is 0.491 e. The summed E-state index contributed by atoms with van der Waals surface area (Å²) in [6, 6.07) is 7.37. The third-order valence-electron chi connectivity index (χ3n) is 2.21. The predicted molar refractivity (Wildman–Crippen MR) is 74.1 cm³/mol. The molecule has 0 aliphatic rings. The number of carbonyl (C=O) groups is 1. The number of hydrogen-bond acceptors (Lipinski definition) is 2. The van der Waals surface area contributed by atoms with Crippen LogP contribution in [0.5, 0.6) is 5.75 Å². The van der Waals surface area contributed by atoms with E-state index in [2.05, 4.69) is 5.32 Å². The number of nitrogens with one attached hydrogen (secondary N) is 1. The molecule has 1 aromatic rings. The van der Waals surface area contributed by atoms with Crippen molar-refractivity contribution < 1.29 is 9.53 Å². The second-order valence-electron chi connectivity index (χ2n) is 4.76. The molecule has 1 amide bonds. The van der Waals surface area contributed by atoms with Gasteiger partial charge < -0.3 is 10.1 Å². The lowest BCUT2D eigenvalue weighted by molar-refractivity contribution is -0.121. The molecule has 1 rings (SSSR count). The number of alkyl halides is 1. The average molecular weight is 270 g/mol. The minimum atomic E-state index is -0.666. The van der Waals surface area contributed by atoms with Crippen molar-refractivity contribution in [2.24, 2.45) is 0 Å². The predicted octanol–water partition coefficient (Wildman–Crippen LogP) is 3.28. The molecule has 1 aromatic carbocycles. The normalized spacial score (nSPS) is 12.6. The summed E-state index contributed by atoms with van der Waals surface area (Å²) < 4.78 is 5.53. The molecular formula is C14H20ClNO2. The maximum atomic E-state index is 11.7. The third-order valence-corrected chi connectivity index (χ3v) is 2.66. The van der Waals surface area contributed by atoms with Gasteiger partial charge in [0.1, 0.15) is 11.1 Å². The second-order valence-corrected chi connectivity index (χ2v) is 5.20. The zero-order chi connectivity index (χ0) is 13.7. The number of hydrogen-bond donors (Lipinski definition) is 1. The summed E-state index contributed by atoms with van der Waals surface area (Å²) >= 11 is 6.11. The maximum absolute atomic E-state index is 11.7. The Kier molecular flexibility index (Phi) is 5.48. The van der Waals surface area contributed by atoms with Gasteiger partial charge in [0.2, 0.25) is 5.91 Å². The first kappa shape index (κ1) is 14.8. The van der Waals surface area contributed by atoms with Crippen LogP contribution in [0.3, 0.4) is 0 Å². The first-order chi connectivity index (χ1) is 8.40. The Morgan fingerprint density at radius 3 is 2.17 bits per heavy atom. The van der Waals surface area contributed by atoms with Crippen molar-refractivity contribution in [3.63, 3.8) is 0 Å². The van der Waals surface area contributed by atoms with Gasteiger partial charge in [-0.05, 0) is 45.4 Å². The van der Waals surface area contributed by atoms with E-state index < -0.39 is 5.38 Å². The van der Waals surface area contributed by atoms with Gasteiger partial charge >= 0.3 is 0 Å². The number of ether oxygens (including phenoxy) is 1. The fourth-order valence-electron chi connectivity index (χ4n) is 1.50. The zero-order valence-corrected chi connectivity index (χ0v) is 12.0. The molecule has 100 valence electrons. The summed E-state index contributed by atoms with van der Waals surface area (Å²) in [5.74, 6) is 0.603. The second kappa shape index (κ2) is 6.64. The third kappa shape index (κ3) is 4.57. The summed E-state index contributed by atoms with van der Waals surface area (Å²) in [7, 11) is 0. The van der Waals surface area contributed by atoms with Crippen LogP contribution in [0.4, 0.5) is 0 Å².